The van der Waals surface area contributed by atoms with Crippen molar-refractivity contribution in [1.29, 1.82) is 0 Å². The fraction of sp³-hybridized carbons (Fsp3) is 0.208. The van der Waals surface area contributed by atoms with E-state index in [1.807, 2.05) is 0 Å². The van der Waals surface area contributed by atoms with Crippen LogP contribution in [0.3, 0.4) is 0 Å². The number of amides is 2. The molecule has 4 aromatic rings. The van der Waals surface area contributed by atoms with Crippen molar-refractivity contribution in [2.24, 2.45) is 0 Å². The summed E-state index contributed by atoms with van der Waals surface area (Å²) >= 11 is 0. The first-order valence-electron chi connectivity index (χ1n) is 10.8. The quantitative estimate of drug-likeness (QED) is 0.368. The van der Waals surface area contributed by atoms with Crippen LogP contribution < -0.4 is 15.4 Å². The van der Waals surface area contributed by atoms with Gasteiger partial charge in [-0.15, -0.1) is 0 Å². The van der Waals surface area contributed by atoms with Crippen molar-refractivity contribution in [3.05, 3.63) is 71.3 Å². The molecule has 0 aliphatic carbocycles. The topological polar surface area (TPSA) is 111 Å². The number of fused-ring (bicyclic) bond motifs is 1. The lowest BCUT2D eigenvalue weighted by Crippen LogP contribution is -2.28. The summed E-state index contributed by atoms with van der Waals surface area (Å²) in [4.78, 5) is 32.7. The van der Waals surface area contributed by atoms with Gasteiger partial charge < -0.3 is 15.4 Å². The van der Waals surface area contributed by atoms with Gasteiger partial charge in [-0.05, 0) is 43.3 Å². The number of hydrogen-bond acceptors (Lipinski definition) is 6. The third-order valence-corrected chi connectivity index (χ3v) is 5.35. The van der Waals surface area contributed by atoms with Crippen molar-refractivity contribution >= 4 is 23.3 Å². The summed E-state index contributed by atoms with van der Waals surface area (Å²) in [6, 6.07) is 5.62. The maximum Gasteiger partial charge on any atom is 0.416 e. The number of halogens is 4. The number of hydrogen-bond donors (Lipinski definition) is 2. The fourth-order valence-electron chi connectivity index (χ4n) is 3.60. The highest BCUT2D eigenvalue weighted by atomic mass is 19.4. The lowest BCUT2D eigenvalue weighted by atomic mass is 10.0. The molecule has 0 unspecified atom stereocenters. The highest BCUT2D eigenvalue weighted by molar-refractivity contribution is 5.97. The van der Waals surface area contributed by atoms with Gasteiger partial charge in [-0.1, -0.05) is 0 Å². The SMILES string of the molecule is COc1ncc(-c2ccc3nc(NC(C)=O)cn3n2)cc1C(=O)N[C@@H](C)c1cc(C(F)(F)F)ccc1F. The number of anilines is 1. The van der Waals surface area contributed by atoms with Crippen LogP contribution in [-0.2, 0) is 11.0 Å². The van der Waals surface area contributed by atoms with E-state index < -0.39 is 29.5 Å². The molecule has 0 fully saturated rings. The number of methoxy groups -OCH3 is 1. The summed E-state index contributed by atoms with van der Waals surface area (Å²) in [5.74, 6) is -1.67. The van der Waals surface area contributed by atoms with Crippen LogP contribution in [-0.4, -0.2) is 38.5 Å². The normalized spacial score (nSPS) is 12.3. The Balaban J connectivity index is 1.63. The fourth-order valence-corrected chi connectivity index (χ4v) is 3.60. The zero-order chi connectivity index (χ0) is 26.9. The van der Waals surface area contributed by atoms with E-state index in [-0.39, 0.29) is 22.9 Å². The number of imidazole rings is 1. The Morgan fingerprint density at radius 1 is 1.14 bits per heavy atom. The molecule has 2 N–H and O–H groups in total. The predicted molar refractivity (Wildman–Crippen MR) is 124 cm³/mol. The zero-order valence-electron chi connectivity index (χ0n) is 19.7. The van der Waals surface area contributed by atoms with Gasteiger partial charge in [0.25, 0.3) is 5.91 Å². The van der Waals surface area contributed by atoms with E-state index in [4.69, 9.17) is 4.74 Å². The van der Waals surface area contributed by atoms with Gasteiger partial charge in [-0.2, -0.15) is 18.3 Å². The Morgan fingerprint density at radius 2 is 1.89 bits per heavy atom. The van der Waals surface area contributed by atoms with Crippen molar-refractivity contribution in [2.45, 2.75) is 26.1 Å². The third kappa shape index (κ3) is 5.50. The molecule has 3 aromatic heterocycles. The van der Waals surface area contributed by atoms with E-state index in [1.165, 1.54) is 43.9 Å². The molecule has 0 saturated heterocycles. The van der Waals surface area contributed by atoms with Crippen LogP contribution in [0.4, 0.5) is 23.4 Å². The molecular formula is C24H20F4N6O3. The molecule has 0 aliphatic heterocycles. The molecule has 9 nitrogen and oxygen atoms in total. The van der Waals surface area contributed by atoms with Gasteiger partial charge in [0.05, 0.1) is 30.6 Å². The highest BCUT2D eigenvalue weighted by Gasteiger charge is 2.32. The van der Waals surface area contributed by atoms with Crippen LogP contribution in [0.1, 0.15) is 41.4 Å². The maximum absolute atomic E-state index is 14.3. The van der Waals surface area contributed by atoms with Crippen LogP contribution >= 0.6 is 0 Å². The van der Waals surface area contributed by atoms with Gasteiger partial charge in [-0.3, -0.25) is 9.59 Å². The van der Waals surface area contributed by atoms with E-state index in [0.29, 0.717) is 40.9 Å². The largest absolute Gasteiger partial charge is 0.480 e. The van der Waals surface area contributed by atoms with E-state index in [0.717, 1.165) is 0 Å². The molecule has 13 heteroatoms. The van der Waals surface area contributed by atoms with Crippen molar-refractivity contribution in [3.8, 4) is 17.1 Å². The molecule has 4 rings (SSSR count). The second-order valence-electron chi connectivity index (χ2n) is 8.04. The number of carbonyl (C=O) groups is 2. The Bertz CT molecular complexity index is 1500. The summed E-state index contributed by atoms with van der Waals surface area (Å²) in [5, 5.41) is 9.47. The summed E-state index contributed by atoms with van der Waals surface area (Å²) in [6.45, 7) is 2.71. The Labute approximate surface area is 207 Å². The minimum Gasteiger partial charge on any atom is -0.480 e. The minimum atomic E-state index is -4.67. The van der Waals surface area contributed by atoms with Crippen molar-refractivity contribution < 1.29 is 31.9 Å². The molecule has 192 valence electrons. The summed E-state index contributed by atoms with van der Waals surface area (Å²) in [6.07, 6.45) is -1.73. The molecular weight excluding hydrogens is 496 g/mol. The molecule has 0 spiro atoms. The van der Waals surface area contributed by atoms with E-state index in [1.54, 1.807) is 12.1 Å². The first kappa shape index (κ1) is 25.5. The van der Waals surface area contributed by atoms with Crippen molar-refractivity contribution in [1.82, 2.24) is 24.9 Å². The number of benzene rings is 1. The Morgan fingerprint density at radius 3 is 2.57 bits per heavy atom. The van der Waals surface area contributed by atoms with Gasteiger partial charge in [0.1, 0.15) is 11.4 Å². The molecule has 0 saturated carbocycles. The van der Waals surface area contributed by atoms with Crippen LogP contribution in [0.2, 0.25) is 0 Å². The smallest absolute Gasteiger partial charge is 0.416 e. The number of ether oxygens (including phenoxy) is 1. The second kappa shape index (κ2) is 9.84. The van der Waals surface area contributed by atoms with Crippen molar-refractivity contribution in [3.63, 3.8) is 0 Å². The zero-order valence-corrected chi connectivity index (χ0v) is 19.7. The second-order valence-corrected chi connectivity index (χ2v) is 8.04. The van der Waals surface area contributed by atoms with Gasteiger partial charge in [0.2, 0.25) is 11.8 Å². The van der Waals surface area contributed by atoms with Gasteiger partial charge in [-0.25, -0.2) is 18.9 Å². The first-order chi connectivity index (χ1) is 17.5. The number of alkyl halides is 3. The molecule has 0 bridgehead atoms. The summed E-state index contributed by atoms with van der Waals surface area (Å²) < 4.78 is 60.2. The molecule has 0 aliphatic rings. The van der Waals surface area contributed by atoms with Crippen molar-refractivity contribution in [2.75, 3.05) is 12.4 Å². The van der Waals surface area contributed by atoms with Gasteiger partial charge in [0.15, 0.2) is 11.5 Å². The number of nitrogens with one attached hydrogen (secondary N) is 2. The predicted octanol–water partition coefficient (Wildman–Crippen LogP) is 4.41. The first-order valence-corrected chi connectivity index (χ1v) is 10.8. The monoisotopic (exact) mass is 516 g/mol. The number of aromatic nitrogens is 4. The number of carbonyl (C=O) groups excluding carboxylic acids is 2. The molecule has 1 aromatic carbocycles. The third-order valence-electron chi connectivity index (χ3n) is 5.35. The molecule has 2 amide bonds. The average molecular weight is 516 g/mol. The van der Waals surface area contributed by atoms with Crippen LogP contribution in [0.5, 0.6) is 5.88 Å². The molecule has 37 heavy (non-hydrogen) atoms. The molecule has 3 heterocycles. The van der Waals surface area contributed by atoms with E-state index >= 15 is 0 Å². The number of pyridine rings is 1. The van der Waals surface area contributed by atoms with Crippen LogP contribution in [0.25, 0.3) is 16.9 Å². The van der Waals surface area contributed by atoms with Crippen LogP contribution in [0, 0.1) is 5.82 Å². The van der Waals surface area contributed by atoms with E-state index in [2.05, 4.69) is 25.7 Å². The van der Waals surface area contributed by atoms with Gasteiger partial charge in [0, 0.05) is 24.2 Å². The summed E-state index contributed by atoms with van der Waals surface area (Å²) in [5.41, 5.74) is -0.113. The number of nitrogens with zero attached hydrogens (tertiary/aromatic N) is 4. The van der Waals surface area contributed by atoms with E-state index in [9.17, 15) is 27.2 Å². The number of rotatable bonds is 6. The Kier molecular flexibility index (Phi) is 6.79. The maximum atomic E-state index is 14.3. The van der Waals surface area contributed by atoms with Crippen LogP contribution in [0.15, 0.2) is 48.8 Å². The lowest BCUT2D eigenvalue weighted by molar-refractivity contribution is -0.137. The van der Waals surface area contributed by atoms with Gasteiger partial charge >= 0.3 is 6.18 Å². The average Bonchev–Trinajstić information content (AvgIpc) is 3.23. The summed E-state index contributed by atoms with van der Waals surface area (Å²) in [7, 11) is 1.30. The minimum absolute atomic E-state index is 0.0364. The molecule has 0 radical (unpaired) electrons. The molecule has 1 atom stereocenters. The highest BCUT2D eigenvalue weighted by Crippen LogP contribution is 2.32. The standard InChI is InChI=1S/C24H20F4N6O3/c1-12(16-9-15(24(26,27)28)4-5-18(16)25)30-22(36)17-8-14(10-29-23(17)37-3)19-6-7-21-32-20(31-13(2)35)11-34(21)33-19/h4-12H,1-3H3,(H,30,36)(H,31,35)/t12-/m0/s1. The lowest BCUT2D eigenvalue weighted by Gasteiger charge is -2.18. The Hall–Kier alpha value is -4.55.